The highest BCUT2D eigenvalue weighted by atomic mass is 19.4. The van der Waals surface area contributed by atoms with E-state index >= 15 is 0 Å². The van der Waals surface area contributed by atoms with Crippen LogP contribution in [-0.4, -0.2) is 30.4 Å². The van der Waals surface area contributed by atoms with Crippen molar-refractivity contribution < 1.29 is 18.0 Å². The molecule has 1 amide bonds. The molecule has 3 N–H and O–H groups in total. The van der Waals surface area contributed by atoms with Crippen LogP contribution < -0.4 is 11.1 Å². The van der Waals surface area contributed by atoms with E-state index in [1.165, 1.54) is 6.07 Å². The van der Waals surface area contributed by atoms with Gasteiger partial charge in [-0.25, -0.2) is 0 Å². The monoisotopic (exact) mass is 521 g/mol. The summed E-state index contributed by atoms with van der Waals surface area (Å²) in [6.45, 7) is 3.60. The van der Waals surface area contributed by atoms with E-state index < -0.39 is 11.7 Å². The summed E-state index contributed by atoms with van der Waals surface area (Å²) in [5.41, 5.74) is 9.54. The fourth-order valence-corrected chi connectivity index (χ4v) is 6.25. The van der Waals surface area contributed by atoms with Gasteiger partial charge in [0.25, 0.3) is 5.91 Å². The van der Waals surface area contributed by atoms with Crippen LogP contribution in [-0.2, 0) is 6.18 Å². The summed E-state index contributed by atoms with van der Waals surface area (Å²) >= 11 is 0. The lowest BCUT2D eigenvalue weighted by Crippen LogP contribution is -2.36. The Morgan fingerprint density at radius 3 is 2.45 bits per heavy atom. The van der Waals surface area contributed by atoms with Crippen molar-refractivity contribution in [1.29, 1.82) is 0 Å². The molecule has 7 heteroatoms. The van der Waals surface area contributed by atoms with Crippen molar-refractivity contribution in [1.82, 2.24) is 4.90 Å². The molecule has 0 bridgehead atoms. The number of carbonyl (C=O) groups excluding carboxylic acids is 1. The van der Waals surface area contributed by atoms with Crippen molar-refractivity contribution in [2.45, 2.75) is 44.3 Å². The first kappa shape index (κ1) is 26.3. The summed E-state index contributed by atoms with van der Waals surface area (Å²) in [5, 5.41) is 3.56. The predicted molar refractivity (Wildman–Crippen MR) is 144 cm³/mol. The third-order valence-corrected chi connectivity index (χ3v) is 8.08. The molecule has 200 valence electrons. The van der Waals surface area contributed by atoms with E-state index in [4.69, 9.17) is 5.73 Å². The van der Waals surface area contributed by atoms with Gasteiger partial charge in [-0.05, 0) is 91.9 Å². The van der Waals surface area contributed by atoms with Crippen LogP contribution >= 0.6 is 0 Å². The van der Waals surface area contributed by atoms with Crippen LogP contribution in [0, 0.1) is 18.8 Å². The van der Waals surface area contributed by atoms with Crippen molar-refractivity contribution in [3.05, 3.63) is 101 Å². The number of alkyl halides is 3. The zero-order valence-corrected chi connectivity index (χ0v) is 21.5. The lowest BCUT2D eigenvalue weighted by Gasteiger charge is -2.38. The van der Waals surface area contributed by atoms with E-state index in [2.05, 4.69) is 17.4 Å². The van der Waals surface area contributed by atoms with Gasteiger partial charge in [-0.3, -0.25) is 4.79 Å². The number of halogens is 3. The average Bonchev–Trinajstić information content (AvgIpc) is 3.34. The van der Waals surface area contributed by atoms with E-state index in [9.17, 15) is 18.0 Å². The molecule has 3 aromatic carbocycles. The summed E-state index contributed by atoms with van der Waals surface area (Å²) in [5.74, 6) is 0.260. The predicted octanol–water partition coefficient (Wildman–Crippen LogP) is 6.78. The highest BCUT2D eigenvalue weighted by Gasteiger charge is 2.45. The number of nitrogens with zero attached hydrogens (tertiary/aromatic N) is 1. The highest BCUT2D eigenvalue weighted by molar-refractivity contribution is 5.94. The minimum Gasteiger partial charge on any atom is -0.378 e. The van der Waals surface area contributed by atoms with Crippen molar-refractivity contribution in [3.63, 3.8) is 0 Å². The van der Waals surface area contributed by atoms with Gasteiger partial charge in [0.15, 0.2) is 0 Å². The Bertz CT molecular complexity index is 1260. The molecule has 3 aromatic rings. The largest absolute Gasteiger partial charge is 0.416 e. The van der Waals surface area contributed by atoms with Gasteiger partial charge in [-0.1, -0.05) is 48.0 Å². The summed E-state index contributed by atoms with van der Waals surface area (Å²) in [6.07, 6.45) is -2.13. The van der Waals surface area contributed by atoms with Gasteiger partial charge in [-0.15, -0.1) is 0 Å². The van der Waals surface area contributed by atoms with E-state index in [-0.39, 0.29) is 29.7 Å². The molecule has 2 aliphatic rings. The van der Waals surface area contributed by atoms with Crippen molar-refractivity contribution in [3.8, 4) is 0 Å². The lowest BCUT2D eigenvalue weighted by atomic mass is 9.77. The van der Waals surface area contributed by atoms with Gasteiger partial charge in [0.1, 0.15) is 0 Å². The van der Waals surface area contributed by atoms with Gasteiger partial charge >= 0.3 is 6.18 Å². The quantitative estimate of drug-likeness (QED) is 0.360. The van der Waals surface area contributed by atoms with Crippen molar-refractivity contribution in [2.75, 3.05) is 25.0 Å². The SMILES string of the molecule is Cc1ccc(C(=O)N(CCCN)C[C@@H]2C[C@@H]3[C@H](C2)c2cc(C(F)(F)F)ccc2N[C@H]3c2ccccc2)cc1. The van der Waals surface area contributed by atoms with E-state index in [1.54, 1.807) is 6.07 Å². The van der Waals surface area contributed by atoms with E-state index in [1.807, 2.05) is 54.3 Å². The molecule has 1 fully saturated rings. The number of carbonyl (C=O) groups is 1. The van der Waals surface area contributed by atoms with E-state index in [0.29, 0.717) is 31.6 Å². The van der Waals surface area contributed by atoms with Crippen LogP contribution in [0.25, 0.3) is 0 Å². The van der Waals surface area contributed by atoms with Gasteiger partial charge in [0, 0.05) is 24.3 Å². The number of nitrogens with two attached hydrogens (primary N) is 1. The topological polar surface area (TPSA) is 58.4 Å². The second-order valence-electron chi connectivity index (χ2n) is 10.7. The molecule has 5 rings (SSSR count). The van der Waals surface area contributed by atoms with Gasteiger partial charge < -0.3 is 16.0 Å². The minimum atomic E-state index is -4.39. The Kier molecular flexibility index (Phi) is 7.48. The maximum absolute atomic E-state index is 13.6. The number of fused-ring (bicyclic) bond motifs is 3. The Labute approximate surface area is 222 Å². The molecule has 1 aliphatic carbocycles. The number of rotatable bonds is 7. The summed E-state index contributed by atoms with van der Waals surface area (Å²) in [6, 6.07) is 21.7. The molecule has 4 nitrogen and oxygen atoms in total. The smallest absolute Gasteiger partial charge is 0.378 e. The second kappa shape index (κ2) is 10.8. The molecule has 1 heterocycles. The van der Waals surface area contributed by atoms with Crippen LogP contribution in [0.3, 0.4) is 0 Å². The maximum atomic E-state index is 13.6. The molecule has 1 saturated carbocycles. The summed E-state index contributed by atoms with van der Waals surface area (Å²) in [7, 11) is 0. The molecule has 0 unspecified atom stereocenters. The molecule has 0 saturated heterocycles. The van der Waals surface area contributed by atoms with Gasteiger partial charge in [-0.2, -0.15) is 13.2 Å². The summed E-state index contributed by atoms with van der Waals surface area (Å²) < 4.78 is 40.8. The molecular weight excluding hydrogens is 487 g/mol. The van der Waals surface area contributed by atoms with Gasteiger partial charge in [0.05, 0.1) is 11.6 Å². The molecule has 38 heavy (non-hydrogen) atoms. The number of hydrogen-bond acceptors (Lipinski definition) is 3. The molecule has 0 spiro atoms. The second-order valence-corrected chi connectivity index (χ2v) is 10.7. The molecule has 0 aromatic heterocycles. The van der Waals surface area contributed by atoms with Crippen molar-refractivity contribution >= 4 is 11.6 Å². The molecule has 0 radical (unpaired) electrons. The first-order valence-corrected chi connectivity index (χ1v) is 13.3. The van der Waals surface area contributed by atoms with Crippen LogP contribution in [0.5, 0.6) is 0 Å². The van der Waals surface area contributed by atoms with Crippen LogP contribution in [0.15, 0.2) is 72.8 Å². The van der Waals surface area contributed by atoms with Crippen LogP contribution in [0.1, 0.15) is 63.8 Å². The van der Waals surface area contributed by atoms with Crippen molar-refractivity contribution in [2.24, 2.45) is 17.6 Å². The van der Waals surface area contributed by atoms with Gasteiger partial charge in [0.2, 0.25) is 0 Å². The standard InChI is InChI=1S/C31H34F3N3O/c1-20-8-10-23(11-9-20)30(38)37(15-5-14-35)19-21-16-25-26-18-24(31(32,33)34)12-13-28(26)36-29(27(25)17-21)22-6-3-2-4-7-22/h2-4,6-13,18,21,25,27,29,36H,5,14-17,19,35H2,1H3/t21-,25+,27+,29-/m0/s1. The molecule has 4 atom stereocenters. The average molecular weight is 522 g/mol. The van der Waals surface area contributed by atoms with Crippen LogP contribution in [0.2, 0.25) is 0 Å². The maximum Gasteiger partial charge on any atom is 0.416 e. The molecular formula is C31H34F3N3O. The number of hydrogen-bond donors (Lipinski definition) is 2. The normalized spacial score (nSPS) is 22.3. The Morgan fingerprint density at radius 1 is 1.03 bits per heavy atom. The zero-order chi connectivity index (χ0) is 26.9. The number of nitrogens with one attached hydrogen (secondary N) is 1. The number of amides is 1. The van der Waals surface area contributed by atoms with Crippen LogP contribution in [0.4, 0.5) is 18.9 Å². The summed E-state index contributed by atoms with van der Waals surface area (Å²) in [4.78, 5) is 15.3. The Morgan fingerprint density at radius 2 is 1.76 bits per heavy atom. The number of anilines is 1. The molecule has 1 aliphatic heterocycles. The first-order valence-electron chi connectivity index (χ1n) is 13.3. The fourth-order valence-electron chi connectivity index (χ4n) is 6.25. The first-order chi connectivity index (χ1) is 18.2. The Hall–Kier alpha value is -3.32. The minimum absolute atomic E-state index is 0.000675. The van der Waals surface area contributed by atoms with E-state index in [0.717, 1.165) is 41.3 Å². The zero-order valence-electron chi connectivity index (χ0n) is 21.5. The Balaban J connectivity index is 1.44. The highest BCUT2D eigenvalue weighted by Crippen LogP contribution is 2.55. The lowest BCUT2D eigenvalue weighted by molar-refractivity contribution is -0.137. The third kappa shape index (κ3) is 5.44. The number of aryl methyl sites for hydroxylation is 1. The third-order valence-electron chi connectivity index (χ3n) is 8.08. The fraction of sp³-hybridized carbons (Fsp3) is 0.387. The number of benzene rings is 3.